The van der Waals surface area contributed by atoms with Crippen LogP contribution in [0, 0.1) is 0 Å². The molecule has 0 aliphatic heterocycles. The number of nitrogens with zero attached hydrogens (tertiary/aromatic N) is 6. The lowest BCUT2D eigenvalue weighted by atomic mass is 9.84. The van der Waals surface area contributed by atoms with Crippen molar-refractivity contribution >= 4 is 45.5 Å². The first-order chi connectivity index (χ1) is 22.1. The molecule has 0 aliphatic carbocycles. The molecule has 0 saturated heterocycles. The zero-order chi connectivity index (χ0) is 32.4. The minimum atomic E-state index is -0.385. The van der Waals surface area contributed by atoms with Crippen LogP contribution in [0.15, 0.2) is 96.1 Å². The van der Waals surface area contributed by atoms with Crippen molar-refractivity contribution in [2.24, 2.45) is 4.99 Å². The number of ether oxygens (including phenoxy) is 1. The first kappa shape index (κ1) is 30.5. The molecule has 0 aliphatic rings. The maximum absolute atomic E-state index is 13.2. The monoisotopic (exact) mass is 612 g/mol. The van der Waals surface area contributed by atoms with Crippen LogP contribution in [-0.2, 0) is 16.6 Å². The SMILES string of the molecule is CN(C)c1ccc(/N=C/c2ccc(OC(=O)CCc3cc(-n4nc5ccccc5n4)c(O)c(C(C)(C)C)c3)c3ncccc23)cc1. The Kier molecular flexibility index (Phi) is 8.23. The minimum Gasteiger partial charge on any atom is -0.505 e. The molecule has 2 heterocycles. The fourth-order valence-corrected chi connectivity index (χ4v) is 5.28. The third-order valence-corrected chi connectivity index (χ3v) is 7.79. The lowest BCUT2D eigenvalue weighted by molar-refractivity contribution is -0.134. The van der Waals surface area contributed by atoms with Gasteiger partial charge in [0, 0.05) is 55.1 Å². The molecule has 0 unspecified atom stereocenters. The fraction of sp³-hybridized carbons (Fsp3) is 0.216. The molecule has 0 fully saturated rings. The Labute approximate surface area is 267 Å². The van der Waals surface area contributed by atoms with Gasteiger partial charge in [-0.15, -0.1) is 15.0 Å². The van der Waals surface area contributed by atoms with Crippen LogP contribution in [0.1, 0.15) is 43.9 Å². The first-order valence-corrected chi connectivity index (χ1v) is 15.2. The summed E-state index contributed by atoms with van der Waals surface area (Å²) in [6.07, 6.45) is 4.01. The van der Waals surface area contributed by atoms with E-state index in [1.807, 2.05) is 119 Å². The van der Waals surface area contributed by atoms with Gasteiger partial charge in [0.25, 0.3) is 0 Å². The molecule has 46 heavy (non-hydrogen) atoms. The molecule has 0 amide bonds. The van der Waals surface area contributed by atoms with E-state index in [-0.39, 0.29) is 23.6 Å². The van der Waals surface area contributed by atoms with Crippen LogP contribution < -0.4 is 9.64 Å². The summed E-state index contributed by atoms with van der Waals surface area (Å²) < 4.78 is 5.85. The number of aromatic nitrogens is 4. The molecule has 0 atom stereocenters. The average molecular weight is 613 g/mol. The number of fused-ring (bicyclic) bond motifs is 2. The van der Waals surface area contributed by atoms with Crippen LogP contribution in [-0.4, -0.2) is 51.4 Å². The second kappa shape index (κ2) is 12.4. The van der Waals surface area contributed by atoms with Gasteiger partial charge in [0.15, 0.2) is 5.75 Å². The smallest absolute Gasteiger partial charge is 0.311 e. The Balaban J connectivity index is 1.22. The number of aryl methyl sites for hydroxylation is 1. The molecule has 0 saturated carbocycles. The summed E-state index contributed by atoms with van der Waals surface area (Å²) in [6, 6.07) is 26.7. The van der Waals surface area contributed by atoms with E-state index in [0.29, 0.717) is 23.4 Å². The zero-order valence-electron chi connectivity index (χ0n) is 26.6. The number of phenolic OH excluding ortho intramolecular Hbond substituents is 1. The van der Waals surface area contributed by atoms with Crippen molar-refractivity contribution in [3.8, 4) is 17.2 Å². The molecule has 0 spiro atoms. The molecular weight excluding hydrogens is 576 g/mol. The van der Waals surface area contributed by atoms with Crippen molar-refractivity contribution in [1.82, 2.24) is 20.0 Å². The fourth-order valence-electron chi connectivity index (χ4n) is 5.28. The Morgan fingerprint density at radius 3 is 2.35 bits per heavy atom. The number of rotatable bonds is 8. The topological polar surface area (TPSA) is 106 Å². The zero-order valence-corrected chi connectivity index (χ0v) is 26.6. The van der Waals surface area contributed by atoms with Gasteiger partial charge in [0.05, 0.1) is 5.69 Å². The molecule has 9 heteroatoms. The van der Waals surface area contributed by atoms with E-state index in [9.17, 15) is 9.90 Å². The molecule has 0 bridgehead atoms. The second-order valence-electron chi connectivity index (χ2n) is 12.4. The number of phenols is 1. The third-order valence-electron chi connectivity index (χ3n) is 7.79. The van der Waals surface area contributed by atoms with Gasteiger partial charge in [0.2, 0.25) is 0 Å². The first-order valence-electron chi connectivity index (χ1n) is 15.2. The van der Waals surface area contributed by atoms with Crippen molar-refractivity contribution in [2.45, 2.75) is 39.0 Å². The molecule has 232 valence electrons. The highest BCUT2D eigenvalue weighted by molar-refractivity contribution is 6.01. The van der Waals surface area contributed by atoms with Gasteiger partial charge in [-0.3, -0.25) is 14.8 Å². The van der Waals surface area contributed by atoms with E-state index >= 15 is 0 Å². The van der Waals surface area contributed by atoms with E-state index in [1.54, 1.807) is 18.5 Å². The summed E-state index contributed by atoms with van der Waals surface area (Å²) in [7, 11) is 4.00. The number of carbonyl (C=O) groups is 1. The maximum Gasteiger partial charge on any atom is 0.311 e. The van der Waals surface area contributed by atoms with E-state index in [2.05, 4.69) is 20.2 Å². The van der Waals surface area contributed by atoms with Gasteiger partial charge in [-0.2, -0.15) is 0 Å². The highest BCUT2D eigenvalue weighted by Gasteiger charge is 2.24. The predicted molar refractivity (Wildman–Crippen MR) is 183 cm³/mol. The normalized spacial score (nSPS) is 11.8. The number of aliphatic imine (C=N–C) groups is 1. The standard InChI is InChI=1S/C37H36N6O3/c1-37(2,3)29-21-24(22-32(36(29)45)43-40-30-10-6-7-11-31(30)41-43)12-19-34(44)46-33-18-13-25(28-9-8-20-38-35(28)33)23-39-26-14-16-27(17-15-26)42(4)5/h6-11,13-18,20-23,45H,12,19H2,1-5H3/b39-23+. The largest absolute Gasteiger partial charge is 0.505 e. The van der Waals surface area contributed by atoms with Crippen molar-refractivity contribution in [3.05, 3.63) is 108 Å². The van der Waals surface area contributed by atoms with Gasteiger partial charge in [-0.05, 0) is 78.1 Å². The van der Waals surface area contributed by atoms with Crippen molar-refractivity contribution in [1.29, 1.82) is 0 Å². The van der Waals surface area contributed by atoms with Gasteiger partial charge in [-0.1, -0.05) is 45.0 Å². The van der Waals surface area contributed by atoms with Crippen molar-refractivity contribution in [2.75, 3.05) is 19.0 Å². The van der Waals surface area contributed by atoms with Crippen LogP contribution in [0.25, 0.3) is 27.6 Å². The lowest BCUT2D eigenvalue weighted by Gasteiger charge is -2.23. The van der Waals surface area contributed by atoms with Crippen molar-refractivity contribution in [3.63, 3.8) is 0 Å². The van der Waals surface area contributed by atoms with Gasteiger partial charge < -0.3 is 14.7 Å². The number of carbonyl (C=O) groups excluding carboxylic acids is 1. The van der Waals surface area contributed by atoms with Gasteiger partial charge in [-0.25, -0.2) is 0 Å². The van der Waals surface area contributed by atoms with Gasteiger partial charge >= 0.3 is 5.97 Å². The molecule has 1 N–H and O–H groups in total. The van der Waals surface area contributed by atoms with Crippen LogP contribution in [0.4, 0.5) is 11.4 Å². The highest BCUT2D eigenvalue weighted by atomic mass is 16.5. The summed E-state index contributed by atoms with van der Waals surface area (Å²) in [6.45, 7) is 6.10. The minimum absolute atomic E-state index is 0.117. The number of esters is 1. The summed E-state index contributed by atoms with van der Waals surface area (Å²) in [5.41, 5.74) is 6.56. The van der Waals surface area contributed by atoms with E-state index in [1.165, 1.54) is 4.80 Å². The number of hydrogen-bond acceptors (Lipinski definition) is 8. The summed E-state index contributed by atoms with van der Waals surface area (Å²) in [5.74, 6) is 0.123. The molecule has 0 radical (unpaired) electrons. The third kappa shape index (κ3) is 6.44. The quantitative estimate of drug-likeness (QED) is 0.109. The lowest BCUT2D eigenvalue weighted by Crippen LogP contribution is -2.15. The Morgan fingerprint density at radius 1 is 0.957 bits per heavy atom. The van der Waals surface area contributed by atoms with Crippen LogP contribution in [0.3, 0.4) is 0 Å². The molecule has 9 nitrogen and oxygen atoms in total. The molecule has 2 aromatic heterocycles. The number of aromatic hydroxyl groups is 1. The second-order valence-corrected chi connectivity index (χ2v) is 12.4. The van der Waals surface area contributed by atoms with E-state index in [4.69, 9.17) is 4.74 Å². The van der Waals surface area contributed by atoms with E-state index in [0.717, 1.165) is 44.5 Å². The molecular formula is C37H36N6O3. The molecule has 4 aromatic carbocycles. The predicted octanol–water partition coefficient (Wildman–Crippen LogP) is 7.33. The van der Waals surface area contributed by atoms with Crippen LogP contribution in [0.2, 0.25) is 0 Å². The molecule has 6 rings (SSSR count). The van der Waals surface area contributed by atoms with E-state index < -0.39 is 0 Å². The van der Waals surface area contributed by atoms with Crippen LogP contribution in [0.5, 0.6) is 11.5 Å². The van der Waals surface area contributed by atoms with Crippen molar-refractivity contribution < 1.29 is 14.6 Å². The number of hydrogen-bond donors (Lipinski definition) is 1. The Hall–Kier alpha value is -5.57. The number of benzene rings is 4. The molecule has 6 aromatic rings. The summed E-state index contributed by atoms with van der Waals surface area (Å²) in [4.78, 5) is 25.8. The summed E-state index contributed by atoms with van der Waals surface area (Å²) >= 11 is 0. The maximum atomic E-state index is 13.2. The Bertz CT molecular complexity index is 2040. The van der Waals surface area contributed by atoms with Gasteiger partial charge in [0.1, 0.15) is 28.0 Å². The Morgan fingerprint density at radius 2 is 1.67 bits per heavy atom. The average Bonchev–Trinajstić information content (AvgIpc) is 3.48. The number of anilines is 1. The highest BCUT2D eigenvalue weighted by Crippen LogP contribution is 2.37. The summed E-state index contributed by atoms with van der Waals surface area (Å²) in [5, 5.41) is 21.2. The number of pyridine rings is 1. The van der Waals surface area contributed by atoms with Crippen LogP contribution >= 0.6 is 0 Å².